The van der Waals surface area contributed by atoms with Gasteiger partial charge in [0.05, 0.1) is 11.2 Å². The molecule has 4 rings (SSSR count). The molecule has 4 saturated carbocycles. The highest BCUT2D eigenvalue weighted by Crippen LogP contribution is 2.65. The zero-order valence-corrected chi connectivity index (χ0v) is 18.3. The average Bonchev–Trinajstić information content (AvgIpc) is 2.89. The maximum Gasteiger partial charge on any atom is 0.0622 e. The second kappa shape index (κ2) is 7.01. The third-order valence-electron chi connectivity index (χ3n) is 9.77. The molecule has 0 aromatic carbocycles. The third-order valence-corrected chi connectivity index (χ3v) is 9.77. The highest BCUT2D eigenvalue weighted by Gasteiger charge is 2.57. The summed E-state index contributed by atoms with van der Waals surface area (Å²) < 4.78 is 0. The fraction of sp³-hybridized carbons (Fsp3) is 1.00. The lowest BCUT2D eigenvalue weighted by Gasteiger charge is -2.57. The molecule has 0 spiro atoms. The maximum atomic E-state index is 10.6. The summed E-state index contributed by atoms with van der Waals surface area (Å²) in [6.45, 7) is 8.62. The van der Waals surface area contributed by atoms with E-state index >= 15 is 0 Å². The van der Waals surface area contributed by atoms with Crippen molar-refractivity contribution in [2.75, 3.05) is 0 Å². The van der Waals surface area contributed by atoms with E-state index < -0.39 is 11.2 Å². The summed E-state index contributed by atoms with van der Waals surface area (Å²) in [5.74, 6) is 5.45. The fourth-order valence-electron chi connectivity index (χ4n) is 8.45. The van der Waals surface area contributed by atoms with Crippen LogP contribution in [-0.2, 0) is 0 Å². The minimum atomic E-state index is -0.503. The van der Waals surface area contributed by atoms with Crippen LogP contribution in [0.3, 0.4) is 0 Å². The molecule has 4 aliphatic rings. The van der Waals surface area contributed by atoms with Gasteiger partial charge in [-0.25, -0.2) is 0 Å². The standard InChI is InChI=1S/C25H44O2/c1-23(2,26)13-5-6-18-8-10-22-21-9-7-17-16-24(3,27)14-11-19(17)20(21)12-15-25(18,22)4/h17-22,26-27H,5-16H2,1-4H3/t17?,18?,19?,20?,21?,22?,24-,25?/m0/s1. The van der Waals surface area contributed by atoms with Crippen molar-refractivity contribution in [3.63, 3.8) is 0 Å². The van der Waals surface area contributed by atoms with Crippen LogP contribution in [0.15, 0.2) is 0 Å². The summed E-state index contributed by atoms with van der Waals surface area (Å²) in [4.78, 5) is 0. The molecule has 0 aliphatic heterocycles. The van der Waals surface area contributed by atoms with Crippen LogP contribution in [0.4, 0.5) is 0 Å². The first-order valence-corrected chi connectivity index (χ1v) is 12.0. The molecule has 0 aromatic heterocycles. The van der Waals surface area contributed by atoms with Gasteiger partial charge in [-0.15, -0.1) is 0 Å². The van der Waals surface area contributed by atoms with Crippen LogP contribution in [0.25, 0.3) is 0 Å². The van der Waals surface area contributed by atoms with Gasteiger partial charge >= 0.3 is 0 Å². The van der Waals surface area contributed by atoms with Gasteiger partial charge < -0.3 is 10.2 Å². The fourth-order valence-corrected chi connectivity index (χ4v) is 8.45. The molecule has 4 aliphatic carbocycles. The van der Waals surface area contributed by atoms with E-state index in [-0.39, 0.29) is 0 Å². The van der Waals surface area contributed by atoms with Gasteiger partial charge in [0.2, 0.25) is 0 Å². The van der Waals surface area contributed by atoms with Crippen LogP contribution in [0.1, 0.15) is 105 Å². The summed E-state index contributed by atoms with van der Waals surface area (Å²) >= 11 is 0. The first kappa shape index (κ1) is 20.2. The van der Waals surface area contributed by atoms with Crippen LogP contribution >= 0.6 is 0 Å². The molecule has 0 heterocycles. The predicted octanol–water partition coefficient (Wildman–Crippen LogP) is 5.95. The average molecular weight is 377 g/mol. The summed E-state index contributed by atoms with van der Waals surface area (Å²) in [6, 6.07) is 0. The number of fused-ring (bicyclic) bond motifs is 5. The van der Waals surface area contributed by atoms with Gasteiger partial charge in [-0.3, -0.25) is 0 Å². The van der Waals surface area contributed by atoms with Gasteiger partial charge in [0.15, 0.2) is 0 Å². The number of rotatable bonds is 4. The van der Waals surface area contributed by atoms with Gasteiger partial charge in [0.1, 0.15) is 0 Å². The Balaban J connectivity index is 1.42. The molecule has 2 N–H and O–H groups in total. The van der Waals surface area contributed by atoms with E-state index in [2.05, 4.69) is 13.8 Å². The van der Waals surface area contributed by atoms with Crippen LogP contribution in [0, 0.1) is 40.9 Å². The highest BCUT2D eigenvalue weighted by molar-refractivity contribution is 5.06. The van der Waals surface area contributed by atoms with Crippen molar-refractivity contribution in [3.05, 3.63) is 0 Å². The van der Waals surface area contributed by atoms with E-state index in [1.165, 1.54) is 57.8 Å². The Kier molecular flexibility index (Phi) is 5.25. The maximum absolute atomic E-state index is 10.6. The van der Waals surface area contributed by atoms with E-state index in [1.54, 1.807) is 0 Å². The molecule has 156 valence electrons. The van der Waals surface area contributed by atoms with Gasteiger partial charge in [0, 0.05) is 0 Å². The summed E-state index contributed by atoms with van der Waals surface area (Å²) in [6.07, 6.45) is 15.4. The minimum Gasteiger partial charge on any atom is -0.390 e. The van der Waals surface area contributed by atoms with Crippen molar-refractivity contribution in [2.45, 2.75) is 116 Å². The normalized spacial score (nSPS) is 50.0. The van der Waals surface area contributed by atoms with Gasteiger partial charge in [-0.1, -0.05) is 13.3 Å². The SMILES string of the molecule is CC(C)(O)CCCC1CCC2C3CCC4C[C@@](C)(O)CCC4C3CCC12C. The molecule has 0 radical (unpaired) electrons. The molecule has 0 aromatic rings. The number of aliphatic hydroxyl groups is 2. The molecule has 7 unspecified atom stereocenters. The summed E-state index contributed by atoms with van der Waals surface area (Å²) in [5.41, 5.74) is -0.332. The van der Waals surface area contributed by atoms with Crippen molar-refractivity contribution < 1.29 is 10.2 Å². The molecule has 8 atom stereocenters. The summed E-state index contributed by atoms with van der Waals surface area (Å²) in [5, 5.41) is 20.6. The van der Waals surface area contributed by atoms with Crippen molar-refractivity contribution in [2.24, 2.45) is 40.9 Å². The van der Waals surface area contributed by atoms with E-state index in [4.69, 9.17) is 0 Å². The minimum absolute atomic E-state index is 0.393. The van der Waals surface area contributed by atoms with E-state index in [0.717, 1.165) is 54.8 Å². The van der Waals surface area contributed by atoms with Gasteiger partial charge in [-0.05, 0) is 132 Å². The lowest BCUT2D eigenvalue weighted by atomic mass is 9.49. The van der Waals surface area contributed by atoms with Crippen molar-refractivity contribution >= 4 is 0 Å². The van der Waals surface area contributed by atoms with Crippen LogP contribution in [-0.4, -0.2) is 21.4 Å². The molecule has 0 amide bonds. The van der Waals surface area contributed by atoms with E-state index in [0.29, 0.717) is 5.41 Å². The first-order valence-electron chi connectivity index (χ1n) is 12.0. The largest absolute Gasteiger partial charge is 0.390 e. The first-order chi connectivity index (χ1) is 12.6. The Morgan fingerprint density at radius 3 is 2.37 bits per heavy atom. The lowest BCUT2D eigenvalue weighted by molar-refractivity contribution is -0.100. The molecule has 4 fully saturated rings. The highest BCUT2D eigenvalue weighted by atomic mass is 16.3. The zero-order valence-electron chi connectivity index (χ0n) is 18.3. The quantitative estimate of drug-likeness (QED) is 0.636. The Hall–Kier alpha value is -0.0800. The summed E-state index contributed by atoms with van der Waals surface area (Å²) in [7, 11) is 0. The second-order valence-electron chi connectivity index (χ2n) is 12.2. The Morgan fingerprint density at radius 1 is 0.889 bits per heavy atom. The van der Waals surface area contributed by atoms with Crippen molar-refractivity contribution in [1.82, 2.24) is 0 Å². The molecular formula is C25H44O2. The number of hydrogen-bond acceptors (Lipinski definition) is 2. The monoisotopic (exact) mass is 376 g/mol. The van der Waals surface area contributed by atoms with Crippen LogP contribution < -0.4 is 0 Å². The van der Waals surface area contributed by atoms with Crippen LogP contribution in [0.5, 0.6) is 0 Å². The lowest BCUT2D eigenvalue weighted by Crippen LogP contribution is -2.50. The Morgan fingerprint density at radius 2 is 1.63 bits per heavy atom. The number of hydrogen-bond donors (Lipinski definition) is 2. The van der Waals surface area contributed by atoms with Gasteiger partial charge in [-0.2, -0.15) is 0 Å². The Labute approximate surface area is 167 Å². The topological polar surface area (TPSA) is 40.5 Å². The van der Waals surface area contributed by atoms with Crippen molar-refractivity contribution in [3.8, 4) is 0 Å². The molecule has 0 bridgehead atoms. The smallest absolute Gasteiger partial charge is 0.0622 e. The molecular weight excluding hydrogens is 332 g/mol. The zero-order chi connectivity index (χ0) is 19.4. The van der Waals surface area contributed by atoms with E-state index in [1.807, 2.05) is 13.8 Å². The third kappa shape index (κ3) is 3.87. The van der Waals surface area contributed by atoms with Gasteiger partial charge in [0.25, 0.3) is 0 Å². The Bertz CT molecular complexity index is 533. The van der Waals surface area contributed by atoms with Crippen molar-refractivity contribution in [1.29, 1.82) is 0 Å². The molecule has 2 nitrogen and oxygen atoms in total. The molecule has 0 saturated heterocycles. The van der Waals surface area contributed by atoms with E-state index in [9.17, 15) is 10.2 Å². The van der Waals surface area contributed by atoms with Crippen LogP contribution in [0.2, 0.25) is 0 Å². The second-order valence-corrected chi connectivity index (χ2v) is 12.2. The molecule has 27 heavy (non-hydrogen) atoms. The predicted molar refractivity (Wildman–Crippen MR) is 111 cm³/mol. The molecule has 2 heteroatoms.